The maximum Gasteiger partial charge on any atom is 0.439 e. The van der Waals surface area contributed by atoms with E-state index in [0.717, 1.165) is 63.7 Å². The van der Waals surface area contributed by atoms with Gasteiger partial charge in [0.15, 0.2) is 5.82 Å². The van der Waals surface area contributed by atoms with Crippen molar-refractivity contribution in [3.8, 4) is 34.0 Å². The predicted octanol–water partition coefficient (Wildman–Crippen LogP) is 9.54. The molecule has 266 valence electrons. The number of nitrogens with zero attached hydrogens (tertiary/aromatic N) is 3. The molecule has 2 aliphatic rings. The molecule has 0 aliphatic heterocycles. The number of H-pyrrole nitrogens is 1. The first-order valence-corrected chi connectivity index (χ1v) is 18.5. The first kappa shape index (κ1) is 34.9. The van der Waals surface area contributed by atoms with Crippen molar-refractivity contribution < 1.29 is 9.26 Å². The van der Waals surface area contributed by atoms with Crippen LogP contribution in [0.25, 0.3) is 28.2 Å². The van der Waals surface area contributed by atoms with Crippen LogP contribution in [0.15, 0.2) is 117 Å². The lowest BCUT2D eigenvalue weighted by Crippen LogP contribution is -2.28. The third-order valence-corrected chi connectivity index (χ3v) is 9.95. The van der Waals surface area contributed by atoms with Gasteiger partial charge in [0.25, 0.3) is 5.56 Å². The monoisotopic (exact) mass is 694 g/mol. The van der Waals surface area contributed by atoms with Gasteiger partial charge in [-0.2, -0.15) is 0 Å². The van der Waals surface area contributed by atoms with Gasteiger partial charge in [-0.3, -0.25) is 18.9 Å². The lowest BCUT2D eigenvalue weighted by Gasteiger charge is -2.21. The van der Waals surface area contributed by atoms with Gasteiger partial charge in [-0.1, -0.05) is 103 Å². The zero-order valence-corrected chi connectivity index (χ0v) is 30.2. The summed E-state index contributed by atoms with van der Waals surface area (Å²) in [5.74, 6) is 2.45. The smallest absolute Gasteiger partial charge is 0.439 e. The zero-order chi connectivity index (χ0) is 36.0. The minimum Gasteiger partial charge on any atom is -0.491 e. The predicted molar refractivity (Wildman–Crippen MR) is 205 cm³/mol. The molecule has 0 spiro atoms. The van der Waals surface area contributed by atoms with Crippen molar-refractivity contribution in [1.29, 1.82) is 0 Å². The van der Waals surface area contributed by atoms with Gasteiger partial charge < -0.3 is 4.74 Å². The second-order valence-corrected chi connectivity index (χ2v) is 14.2. The highest BCUT2D eigenvalue weighted by atomic mass is 16.5. The summed E-state index contributed by atoms with van der Waals surface area (Å²) in [5.41, 5.74) is 7.63. The second kappa shape index (κ2) is 15.8. The average molecular weight is 695 g/mol. The molecule has 4 aromatic carbocycles. The van der Waals surface area contributed by atoms with E-state index in [0.29, 0.717) is 24.0 Å². The van der Waals surface area contributed by atoms with Gasteiger partial charge in [-0.15, -0.1) is 0 Å². The summed E-state index contributed by atoms with van der Waals surface area (Å²) in [4.78, 5) is 33.0. The quantitative estimate of drug-likeness (QED) is 0.162. The molecule has 0 saturated heterocycles. The van der Waals surface area contributed by atoms with Crippen molar-refractivity contribution in [2.75, 3.05) is 0 Å². The van der Waals surface area contributed by atoms with Gasteiger partial charge in [-0.25, -0.2) is 9.78 Å². The molecule has 0 atom stereocenters. The maximum atomic E-state index is 13.9. The molecule has 0 unspecified atom stereocenters. The third kappa shape index (κ3) is 8.17. The molecule has 0 radical (unpaired) electrons. The molecule has 8 heteroatoms. The molecule has 2 saturated carbocycles. The van der Waals surface area contributed by atoms with Gasteiger partial charge in [0.1, 0.15) is 11.6 Å². The van der Waals surface area contributed by atoms with Crippen molar-refractivity contribution in [3.63, 3.8) is 0 Å². The SMILES string of the molecule is Cc1nc(C2CC2)c(Cc2ccc(-c3ccccc3-c3noc(=O)[nH]3)cc2)c(=O)n1-c1ccc(OC(C)C)cc1.c1ccc(C2CCCCC2)cc1. The van der Waals surface area contributed by atoms with Crippen LogP contribution < -0.4 is 16.1 Å². The van der Waals surface area contributed by atoms with Gasteiger partial charge in [0.2, 0.25) is 0 Å². The number of rotatable bonds is 9. The average Bonchev–Trinajstić information content (AvgIpc) is 3.93. The Kier molecular flexibility index (Phi) is 10.6. The highest BCUT2D eigenvalue weighted by molar-refractivity contribution is 5.80. The van der Waals surface area contributed by atoms with Crippen LogP contribution in [-0.4, -0.2) is 25.8 Å². The first-order chi connectivity index (χ1) is 25.3. The van der Waals surface area contributed by atoms with Crippen LogP contribution in [0, 0.1) is 6.92 Å². The fourth-order valence-corrected chi connectivity index (χ4v) is 7.25. The topological polar surface area (TPSA) is 103 Å². The number of hydrogen-bond acceptors (Lipinski definition) is 6. The molecule has 6 aromatic rings. The van der Waals surface area contributed by atoms with Crippen LogP contribution in [0.4, 0.5) is 0 Å². The highest BCUT2D eigenvalue weighted by Gasteiger charge is 2.30. The normalized spacial score (nSPS) is 14.5. The van der Waals surface area contributed by atoms with Crippen molar-refractivity contribution in [1.82, 2.24) is 19.7 Å². The summed E-state index contributed by atoms with van der Waals surface area (Å²) >= 11 is 0. The Hall–Kier alpha value is -5.50. The molecule has 2 fully saturated rings. The highest BCUT2D eigenvalue weighted by Crippen LogP contribution is 2.41. The van der Waals surface area contributed by atoms with E-state index in [2.05, 4.69) is 40.5 Å². The maximum absolute atomic E-state index is 13.9. The molecule has 8 rings (SSSR count). The lowest BCUT2D eigenvalue weighted by molar-refractivity contribution is 0.242. The fraction of sp³-hybridized carbons (Fsp3) is 0.318. The molecule has 2 aromatic heterocycles. The Morgan fingerprint density at radius 2 is 1.46 bits per heavy atom. The summed E-state index contributed by atoms with van der Waals surface area (Å²) in [6, 6.07) is 34.4. The molecule has 2 heterocycles. The number of aryl methyl sites for hydroxylation is 1. The number of aromatic amines is 1. The van der Waals surface area contributed by atoms with Crippen molar-refractivity contribution in [2.24, 2.45) is 0 Å². The number of benzene rings is 4. The van der Waals surface area contributed by atoms with E-state index in [1.165, 1.54) is 32.1 Å². The molecule has 0 amide bonds. The van der Waals surface area contributed by atoms with Crippen LogP contribution in [0.5, 0.6) is 5.75 Å². The molecule has 2 aliphatic carbocycles. The van der Waals surface area contributed by atoms with E-state index < -0.39 is 5.76 Å². The summed E-state index contributed by atoms with van der Waals surface area (Å²) in [6.45, 7) is 5.86. The van der Waals surface area contributed by atoms with E-state index in [4.69, 9.17) is 14.2 Å². The number of nitrogens with one attached hydrogen (secondary N) is 1. The summed E-state index contributed by atoms with van der Waals surface area (Å²) in [5, 5.41) is 3.85. The molecular formula is C44H46N4O4. The third-order valence-electron chi connectivity index (χ3n) is 9.95. The molecule has 8 nitrogen and oxygen atoms in total. The van der Waals surface area contributed by atoms with Crippen LogP contribution in [0.1, 0.15) is 98.8 Å². The van der Waals surface area contributed by atoms with Crippen molar-refractivity contribution in [2.45, 2.75) is 90.1 Å². The molecule has 0 bridgehead atoms. The van der Waals surface area contributed by atoms with Gasteiger partial charge in [0, 0.05) is 23.5 Å². The van der Waals surface area contributed by atoms with Gasteiger partial charge >= 0.3 is 5.76 Å². The minimum atomic E-state index is -0.594. The van der Waals surface area contributed by atoms with E-state index in [-0.39, 0.29) is 11.7 Å². The van der Waals surface area contributed by atoms with Crippen molar-refractivity contribution >= 4 is 0 Å². The van der Waals surface area contributed by atoms with E-state index in [9.17, 15) is 9.59 Å². The summed E-state index contributed by atoms with van der Waals surface area (Å²) in [7, 11) is 0. The number of ether oxygens (including phenoxy) is 1. The Bertz CT molecular complexity index is 2210. The minimum absolute atomic E-state index is 0.0312. The van der Waals surface area contributed by atoms with Crippen LogP contribution in [0.2, 0.25) is 0 Å². The number of hydrogen-bond donors (Lipinski definition) is 1. The first-order valence-electron chi connectivity index (χ1n) is 18.5. The van der Waals surface area contributed by atoms with Crippen LogP contribution in [0.3, 0.4) is 0 Å². The fourth-order valence-electron chi connectivity index (χ4n) is 7.25. The molecule has 1 N–H and O–H groups in total. The van der Waals surface area contributed by atoms with E-state index in [1.54, 1.807) is 10.1 Å². The Morgan fingerprint density at radius 3 is 2.10 bits per heavy atom. The summed E-state index contributed by atoms with van der Waals surface area (Å²) in [6.07, 6.45) is 9.81. The van der Waals surface area contributed by atoms with Crippen molar-refractivity contribution in [3.05, 3.63) is 152 Å². The molecular weight excluding hydrogens is 649 g/mol. The number of aromatic nitrogens is 4. The van der Waals surface area contributed by atoms with Crippen LogP contribution in [-0.2, 0) is 6.42 Å². The van der Waals surface area contributed by atoms with Gasteiger partial charge in [-0.05, 0) is 98.9 Å². The largest absolute Gasteiger partial charge is 0.491 e. The molecule has 52 heavy (non-hydrogen) atoms. The Labute approximate surface area is 304 Å². The Morgan fingerprint density at radius 1 is 0.788 bits per heavy atom. The second-order valence-electron chi connectivity index (χ2n) is 14.2. The van der Waals surface area contributed by atoms with Crippen LogP contribution >= 0.6 is 0 Å². The Balaban J connectivity index is 0.000000295. The zero-order valence-electron chi connectivity index (χ0n) is 30.2. The van der Waals surface area contributed by atoms with E-state index in [1.807, 2.05) is 93.6 Å². The van der Waals surface area contributed by atoms with Gasteiger partial charge in [0.05, 0.1) is 17.5 Å². The van der Waals surface area contributed by atoms with E-state index >= 15 is 0 Å². The standard InChI is InChI=1S/C32H30N4O4.C12H16/c1-19(2)39-25-16-14-24(15-17-25)36-20(3)33-29(23-12-13-23)28(31(36)37)18-21-8-10-22(11-9-21)26-6-4-5-7-27(26)30-34-32(38)40-35-30;1-3-7-11(8-4-1)12-9-5-2-6-10-12/h4-11,14-17,19,23H,12-13,18H2,1-3H3,(H,34,35,38);1,3-4,7-8,12H,2,5-6,9-10H2. The lowest BCUT2D eigenvalue weighted by atomic mass is 9.84. The summed E-state index contributed by atoms with van der Waals surface area (Å²) < 4.78 is 12.2.